The van der Waals surface area contributed by atoms with Crippen LogP contribution in [0.5, 0.6) is 0 Å². The number of halogens is 1. The number of fused-ring (bicyclic) bond motifs is 1. The van der Waals surface area contributed by atoms with E-state index in [1.165, 1.54) is 12.1 Å². The number of carbonyl (C=O) groups excluding carboxylic acids is 1. The Morgan fingerprint density at radius 2 is 1.93 bits per heavy atom. The smallest absolute Gasteiger partial charge is 0.256 e. The van der Waals surface area contributed by atoms with Crippen molar-refractivity contribution in [2.45, 2.75) is 34.1 Å². The molecule has 0 fully saturated rings. The number of aromatic nitrogens is 1. The van der Waals surface area contributed by atoms with Crippen molar-refractivity contribution >= 4 is 28.2 Å². The first-order valence-electron chi connectivity index (χ1n) is 9.67. The number of amides is 1. The lowest BCUT2D eigenvalue weighted by atomic mass is 10.0. The van der Waals surface area contributed by atoms with Gasteiger partial charge < -0.3 is 10.2 Å². The molecule has 146 valence electrons. The van der Waals surface area contributed by atoms with Gasteiger partial charge in [-0.15, -0.1) is 0 Å². The predicted octanol–water partition coefficient (Wildman–Crippen LogP) is 5.61. The maximum absolute atomic E-state index is 13.7. The van der Waals surface area contributed by atoms with Crippen LogP contribution in [0, 0.1) is 19.7 Å². The van der Waals surface area contributed by atoms with Gasteiger partial charge in [-0.3, -0.25) is 4.79 Å². The maximum Gasteiger partial charge on any atom is 0.256 e. The number of pyridine rings is 1. The standard InChI is InChI=1S/C23H26FN3O/c1-5-12-27(6-2)23(28)19-14-25-22(18-9-7-8-16(4)21(18)19)26-20-13-17(24)11-10-15(20)3/h7-11,13-14H,5-6,12H2,1-4H3,(H,25,26). The second-order valence-electron chi connectivity index (χ2n) is 6.99. The topological polar surface area (TPSA) is 45.2 Å². The van der Waals surface area contributed by atoms with Crippen molar-refractivity contribution in [1.82, 2.24) is 9.88 Å². The summed E-state index contributed by atoms with van der Waals surface area (Å²) >= 11 is 0. The van der Waals surface area contributed by atoms with Gasteiger partial charge in [0.25, 0.3) is 5.91 Å². The van der Waals surface area contributed by atoms with E-state index < -0.39 is 0 Å². The van der Waals surface area contributed by atoms with Gasteiger partial charge in [-0.25, -0.2) is 9.37 Å². The Morgan fingerprint density at radius 1 is 1.14 bits per heavy atom. The van der Waals surface area contributed by atoms with Crippen LogP contribution in [-0.2, 0) is 0 Å². The normalized spacial score (nSPS) is 10.9. The molecule has 0 unspecified atom stereocenters. The molecule has 1 N–H and O–H groups in total. The molecule has 0 aliphatic rings. The van der Waals surface area contributed by atoms with Gasteiger partial charge in [-0.1, -0.05) is 31.2 Å². The van der Waals surface area contributed by atoms with Crippen molar-refractivity contribution in [3.63, 3.8) is 0 Å². The second-order valence-corrected chi connectivity index (χ2v) is 6.99. The molecule has 0 atom stereocenters. The minimum absolute atomic E-state index is 0.00960. The van der Waals surface area contributed by atoms with Crippen molar-refractivity contribution in [3.8, 4) is 0 Å². The molecule has 1 amide bonds. The summed E-state index contributed by atoms with van der Waals surface area (Å²) in [6.07, 6.45) is 2.54. The van der Waals surface area contributed by atoms with Crippen LogP contribution in [0.4, 0.5) is 15.9 Å². The third kappa shape index (κ3) is 3.84. The Hall–Kier alpha value is -2.95. The van der Waals surface area contributed by atoms with Crippen LogP contribution in [0.15, 0.2) is 42.6 Å². The SMILES string of the molecule is CCCN(CC)C(=O)c1cnc(Nc2cc(F)ccc2C)c2cccc(C)c12. The minimum Gasteiger partial charge on any atom is -0.339 e. The Labute approximate surface area is 165 Å². The van der Waals surface area contributed by atoms with Gasteiger partial charge in [0.15, 0.2) is 0 Å². The molecule has 4 nitrogen and oxygen atoms in total. The number of nitrogens with one attached hydrogen (secondary N) is 1. The molecular formula is C23H26FN3O. The zero-order valence-corrected chi connectivity index (χ0v) is 16.8. The highest BCUT2D eigenvalue weighted by molar-refractivity contribution is 6.10. The molecule has 0 bridgehead atoms. The average molecular weight is 379 g/mol. The molecule has 0 radical (unpaired) electrons. The van der Waals surface area contributed by atoms with E-state index in [-0.39, 0.29) is 11.7 Å². The summed E-state index contributed by atoms with van der Waals surface area (Å²) in [4.78, 5) is 19.5. The number of aryl methyl sites for hydroxylation is 2. The largest absolute Gasteiger partial charge is 0.339 e. The van der Waals surface area contributed by atoms with Gasteiger partial charge in [0, 0.05) is 35.7 Å². The Kier molecular flexibility index (Phi) is 5.93. The van der Waals surface area contributed by atoms with Crippen molar-refractivity contribution < 1.29 is 9.18 Å². The number of benzene rings is 2. The Balaban J connectivity index is 2.12. The summed E-state index contributed by atoms with van der Waals surface area (Å²) in [6, 6.07) is 10.5. The lowest BCUT2D eigenvalue weighted by Crippen LogP contribution is -2.31. The van der Waals surface area contributed by atoms with Gasteiger partial charge in [-0.2, -0.15) is 0 Å². The fraction of sp³-hybridized carbons (Fsp3) is 0.304. The number of nitrogens with zero attached hydrogens (tertiary/aromatic N) is 2. The molecule has 1 aromatic heterocycles. The van der Waals surface area contributed by atoms with Crippen molar-refractivity contribution in [2.75, 3.05) is 18.4 Å². The van der Waals surface area contributed by atoms with Crippen molar-refractivity contribution in [3.05, 3.63) is 65.1 Å². The van der Waals surface area contributed by atoms with Gasteiger partial charge >= 0.3 is 0 Å². The third-order valence-corrected chi connectivity index (χ3v) is 4.97. The molecule has 2 aromatic carbocycles. The van der Waals surface area contributed by atoms with Crippen molar-refractivity contribution in [1.29, 1.82) is 0 Å². The summed E-state index contributed by atoms with van der Waals surface area (Å²) in [5.74, 6) is 0.297. The summed E-state index contributed by atoms with van der Waals surface area (Å²) in [6.45, 7) is 9.32. The Bertz CT molecular complexity index is 1020. The molecule has 0 saturated heterocycles. The second kappa shape index (κ2) is 8.38. The molecule has 5 heteroatoms. The van der Waals surface area contributed by atoms with E-state index in [0.717, 1.165) is 28.3 Å². The minimum atomic E-state index is -0.307. The molecule has 0 saturated carbocycles. The molecular weight excluding hydrogens is 353 g/mol. The van der Waals surface area contributed by atoms with Crippen molar-refractivity contribution in [2.24, 2.45) is 0 Å². The summed E-state index contributed by atoms with van der Waals surface area (Å²) in [5, 5.41) is 4.97. The highest BCUT2D eigenvalue weighted by Crippen LogP contribution is 2.31. The number of hydrogen-bond donors (Lipinski definition) is 1. The van der Waals surface area contributed by atoms with E-state index in [9.17, 15) is 9.18 Å². The molecule has 0 aliphatic carbocycles. The number of rotatable bonds is 6. The van der Waals surface area contributed by atoms with Gasteiger partial charge in [0.05, 0.1) is 5.56 Å². The van der Waals surface area contributed by atoms with E-state index in [0.29, 0.717) is 30.2 Å². The first-order chi connectivity index (χ1) is 13.5. The molecule has 1 heterocycles. The van der Waals surface area contributed by atoms with Crippen LogP contribution in [0.1, 0.15) is 41.8 Å². The molecule has 3 rings (SSSR count). The lowest BCUT2D eigenvalue weighted by Gasteiger charge is -2.22. The summed E-state index contributed by atoms with van der Waals surface area (Å²) in [5.41, 5.74) is 3.19. The maximum atomic E-state index is 13.7. The van der Waals surface area contributed by atoms with Crippen LogP contribution in [-0.4, -0.2) is 28.9 Å². The summed E-state index contributed by atoms with van der Waals surface area (Å²) in [7, 11) is 0. The Morgan fingerprint density at radius 3 is 2.64 bits per heavy atom. The fourth-order valence-electron chi connectivity index (χ4n) is 3.45. The average Bonchev–Trinajstić information content (AvgIpc) is 2.69. The van der Waals surface area contributed by atoms with Gasteiger partial charge in [-0.05, 0) is 50.5 Å². The predicted molar refractivity (Wildman–Crippen MR) is 113 cm³/mol. The first kappa shape index (κ1) is 19.8. The van der Waals surface area contributed by atoms with Gasteiger partial charge in [0.1, 0.15) is 11.6 Å². The van der Waals surface area contributed by atoms with Crippen LogP contribution in [0.25, 0.3) is 10.8 Å². The highest BCUT2D eigenvalue weighted by atomic mass is 19.1. The van der Waals surface area contributed by atoms with Crippen LogP contribution < -0.4 is 5.32 Å². The number of hydrogen-bond acceptors (Lipinski definition) is 3. The molecule has 3 aromatic rings. The van der Waals surface area contributed by atoms with E-state index in [1.54, 1.807) is 12.3 Å². The quantitative estimate of drug-likeness (QED) is 0.606. The molecule has 0 spiro atoms. The van der Waals surface area contributed by atoms with E-state index in [4.69, 9.17) is 0 Å². The monoisotopic (exact) mass is 379 g/mol. The molecule has 28 heavy (non-hydrogen) atoms. The third-order valence-electron chi connectivity index (χ3n) is 4.97. The van der Waals surface area contributed by atoms with E-state index in [2.05, 4.69) is 17.2 Å². The fourth-order valence-corrected chi connectivity index (χ4v) is 3.45. The number of anilines is 2. The van der Waals surface area contributed by atoms with E-state index in [1.807, 2.05) is 43.9 Å². The van der Waals surface area contributed by atoms with E-state index >= 15 is 0 Å². The zero-order chi connectivity index (χ0) is 20.3. The lowest BCUT2D eigenvalue weighted by molar-refractivity contribution is 0.0766. The zero-order valence-electron chi connectivity index (χ0n) is 16.8. The molecule has 0 aliphatic heterocycles. The summed E-state index contributed by atoms with van der Waals surface area (Å²) < 4.78 is 13.7. The van der Waals surface area contributed by atoms with Crippen LogP contribution in [0.3, 0.4) is 0 Å². The number of carbonyl (C=O) groups is 1. The van der Waals surface area contributed by atoms with Crippen LogP contribution >= 0.6 is 0 Å². The van der Waals surface area contributed by atoms with Gasteiger partial charge in [0.2, 0.25) is 0 Å². The highest BCUT2D eigenvalue weighted by Gasteiger charge is 2.20. The van der Waals surface area contributed by atoms with Crippen LogP contribution in [0.2, 0.25) is 0 Å². The first-order valence-corrected chi connectivity index (χ1v) is 9.67.